The number of rotatable bonds is 4. The monoisotopic (exact) mass is 271 g/mol. The number of carbonyl (C=O) groups excluding carboxylic acids is 1. The molecule has 1 aromatic heterocycles. The lowest BCUT2D eigenvalue weighted by Gasteiger charge is -2.03. The summed E-state index contributed by atoms with van der Waals surface area (Å²) in [5.41, 5.74) is 1.03. The van der Waals surface area contributed by atoms with Crippen LogP contribution in [0.4, 0.5) is 0 Å². The maximum Gasteiger partial charge on any atom is 0.223 e. The Labute approximate surface area is 97.0 Å². The standard InChI is InChI=1S/C10H14BrN3O/c1-6-4-7(6)10(15)12-3-2-8-9(11)14-5-13-8/h5-7H,2-4H2,1H3,(H,12,15)(H,13,14). The molecule has 82 valence electrons. The average molecular weight is 272 g/mol. The van der Waals surface area contributed by atoms with Gasteiger partial charge >= 0.3 is 0 Å². The predicted octanol–water partition coefficient (Wildman–Crippen LogP) is 1.49. The molecule has 2 N–H and O–H groups in total. The van der Waals surface area contributed by atoms with Gasteiger partial charge in [-0.05, 0) is 28.3 Å². The first-order valence-corrected chi connectivity index (χ1v) is 5.93. The van der Waals surface area contributed by atoms with Crippen molar-refractivity contribution < 1.29 is 4.79 Å². The molecule has 0 aliphatic heterocycles. The van der Waals surface area contributed by atoms with E-state index in [4.69, 9.17) is 0 Å². The van der Waals surface area contributed by atoms with Crippen LogP contribution < -0.4 is 5.32 Å². The van der Waals surface area contributed by atoms with E-state index >= 15 is 0 Å². The third-order valence-electron chi connectivity index (χ3n) is 2.79. The summed E-state index contributed by atoms with van der Waals surface area (Å²) in [7, 11) is 0. The van der Waals surface area contributed by atoms with Gasteiger partial charge in [-0.3, -0.25) is 4.79 Å². The van der Waals surface area contributed by atoms with E-state index in [1.807, 2.05) is 0 Å². The number of imidazole rings is 1. The Balaban J connectivity index is 1.71. The Bertz CT molecular complexity index is 363. The largest absolute Gasteiger partial charge is 0.355 e. The maximum atomic E-state index is 11.5. The zero-order valence-corrected chi connectivity index (χ0v) is 10.2. The predicted molar refractivity (Wildman–Crippen MR) is 60.3 cm³/mol. The molecule has 1 aliphatic carbocycles. The molecule has 0 bridgehead atoms. The van der Waals surface area contributed by atoms with Crippen LogP contribution in [0.5, 0.6) is 0 Å². The van der Waals surface area contributed by atoms with E-state index in [0.717, 1.165) is 23.1 Å². The summed E-state index contributed by atoms with van der Waals surface area (Å²) < 4.78 is 0.830. The van der Waals surface area contributed by atoms with E-state index < -0.39 is 0 Å². The smallest absolute Gasteiger partial charge is 0.223 e. The lowest BCUT2D eigenvalue weighted by molar-refractivity contribution is -0.122. The van der Waals surface area contributed by atoms with Gasteiger partial charge in [-0.2, -0.15) is 0 Å². The highest BCUT2D eigenvalue weighted by Gasteiger charge is 2.38. The van der Waals surface area contributed by atoms with Crippen molar-refractivity contribution in [2.75, 3.05) is 6.54 Å². The molecule has 2 rings (SSSR count). The number of amides is 1. The molecule has 1 saturated carbocycles. The van der Waals surface area contributed by atoms with Gasteiger partial charge in [0.15, 0.2) is 0 Å². The number of hydrogen-bond donors (Lipinski definition) is 2. The van der Waals surface area contributed by atoms with Gasteiger partial charge in [-0.1, -0.05) is 6.92 Å². The van der Waals surface area contributed by atoms with Crippen molar-refractivity contribution in [1.29, 1.82) is 0 Å². The van der Waals surface area contributed by atoms with Crippen LogP contribution in [0, 0.1) is 11.8 Å². The number of aromatic nitrogens is 2. The van der Waals surface area contributed by atoms with E-state index in [-0.39, 0.29) is 11.8 Å². The van der Waals surface area contributed by atoms with Gasteiger partial charge < -0.3 is 10.3 Å². The van der Waals surface area contributed by atoms with Gasteiger partial charge in [0.1, 0.15) is 4.60 Å². The van der Waals surface area contributed by atoms with Crippen LogP contribution >= 0.6 is 15.9 Å². The topological polar surface area (TPSA) is 57.8 Å². The summed E-state index contributed by atoms with van der Waals surface area (Å²) >= 11 is 3.33. The molecule has 0 spiro atoms. The zero-order chi connectivity index (χ0) is 10.8. The molecule has 1 fully saturated rings. The highest BCUT2D eigenvalue weighted by molar-refractivity contribution is 9.10. The molecule has 1 amide bonds. The lowest BCUT2D eigenvalue weighted by Crippen LogP contribution is -2.27. The fourth-order valence-corrected chi connectivity index (χ4v) is 2.02. The summed E-state index contributed by atoms with van der Waals surface area (Å²) in [6, 6.07) is 0. The van der Waals surface area contributed by atoms with Gasteiger partial charge in [0.05, 0.1) is 12.0 Å². The van der Waals surface area contributed by atoms with Crippen LogP contribution in [-0.2, 0) is 11.2 Å². The summed E-state index contributed by atoms with van der Waals surface area (Å²) in [6.45, 7) is 2.78. The Morgan fingerprint density at radius 3 is 3.07 bits per heavy atom. The number of nitrogens with zero attached hydrogens (tertiary/aromatic N) is 1. The summed E-state index contributed by atoms with van der Waals surface area (Å²) in [4.78, 5) is 18.5. The molecule has 0 aromatic carbocycles. The number of nitrogens with one attached hydrogen (secondary N) is 2. The minimum Gasteiger partial charge on any atom is -0.355 e. The minimum atomic E-state index is 0.193. The van der Waals surface area contributed by atoms with Gasteiger partial charge in [0.2, 0.25) is 5.91 Å². The molecule has 5 heteroatoms. The quantitative estimate of drug-likeness (QED) is 0.872. The first-order chi connectivity index (χ1) is 7.18. The van der Waals surface area contributed by atoms with Crippen molar-refractivity contribution in [2.24, 2.45) is 11.8 Å². The number of carbonyl (C=O) groups is 1. The van der Waals surface area contributed by atoms with Gasteiger partial charge in [0, 0.05) is 18.9 Å². The van der Waals surface area contributed by atoms with Gasteiger partial charge in [0.25, 0.3) is 0 Å². The fraction of sp³-hybridized carbons (Fsp3) is 0.600. The van der Waals surface area contributed by atoms with Crippen molar-refractivity contribution in [1.82, 2.24) is 15.3 Å². The third-order valence-corrected chi connectivity index (χ3v) is 3.47. The fourth-order valence-electron chi connectivity index (χ4n) is 1.61. The first kappa shape index (κ1) is 10.7. The molecular weight excluding hydrogens is 258 g/mol. The Morgan fingerprint density at radius 1 is 1.80 bits per heavy atom. The normalized spacial score (nSPS) is 23.9. The zero-order valence-electron chi connectivity index (χ0n) is 8.59. The summed E-state index contributed by atoms with van der Waals surface area (Å²) in [5, 5.41) is 2.93. The van der Waals surface area contributed by atoms with E-state index in [9.17, 15) is 4.79 Å². The van der Waals surface area contributed by atoms with Crippen molar-refractivity contribution in [3.8, 4) is 0 Å². The van der Waals surface area contributed by atoms with Crippen molar-refractivity contribution >= 4 is 21.8 Å². The van der Waals surface area contributed by atoms with E-state index in [1.165, 1.54) is 0 Å². The van der Waals surface area contributed by atoms with Crippen molar-refractivity contribution in [3.63, 3.8) is 0 Å². The van der Waals surface area contributed by atoms with E-state index in [2.05, 4.69) is 38.1 Å². The third kappa shape index (κ3) is 2.59. The van der Waals surface area contributed by atoms with Crippen LogP contribution in [0.25, 0.3) is 0 Å². The molecule has 2 unspecified atom stereocenters. The van der Waals surface area contributed by atoms with Crippen LogP contribution in [0.2, 0.25) is 0 Å². The number of H-pyrrole nitrogens is 1. The van der Waals surface area contributed by atoms with Crippen LogP contribution in [0.1, 0.15) is 19.0 Å². The Kier molecular flexibility index (Phi) is 3.09. The molecule has 2 atom stereocenters. The highest BCUT2D eigenvalue weighted by Crippen LogP contribution is 2.37. The molecule has 1 heterocycles. The van der Waals surface area contributed by atoms with Crippen LogP contribution in [0.15, 0.2) is 10.9 Å². The summed E-state index contributed by atoms with van der Waals surface area (Å²) in [5.74, 6) is 1.03. The van der Waals surface area contributed by atoms with Crippen molar-refractivity contribution in [2.45, 2.75) is 19.8 Å². The molecular formula is C10H14BrN3O. The van der Waals surface area contributed by atoms with Gasteiger partial charge in [-0.25, -0.2) is 4.98 Å². The molecule has 0 radical (unpaired) electrons. The van der Waals surface area contributed by atoms with E-state index in [0.29, 0.717) is 12.5 Å². The van der Waals surface area contributed by atoms with E-state index in [1.54, 1.807) is 6.33 Å². The lowest BCUT2D eigenvalue weighted by atomic mass is 10.3. The molecule has 15 heavy (non-hydrogen) atoms. The second-order valence-corrected chi connectivity index (χ2v) is 4.78. The summed E-state index contributed by atoms with van der Waals surface area (Å²) in [6.07, 6.45) is 3.47. The maximum absolute atomic E-state index is 11.5. The molecule has 4 nitrogen and oxygen atoms in total. The van der Waals surface area contributed by atoms with Crippen LogP contribution in [-0.4, -0.2) is 22.4 Å². The number of hydrogen-bond acceptors (Lipinski definition) is 2. The Morgan fingerprint density at radius 2 is 2.53 bits per heavy atom. The second-order valence-electron chi connectivity index (χ2n) is 4.03. The molecule has 1 aromatic rings. The second kappa shape index (κ2) is 4.35. The number of aromatic amines is 1. The first-order valence-electron chi connectivity index (χ1n) is 5.14. The average Bonchev–Trinajstić information content (AvgIpc) is 2.80. The number of halogens is 1. The molecule has 0 saturated heterocycles. The Hall–Kier alpha value is -0.840. The van der Waals surface area contributed by atoms with Gasteiger partial charge in [-0.15, -0.1) is 0 Å². The van der Waals surface area contributed by atoms with Crippen molar-refractivity contribution in [3.05, 3.63) is 16.6 Å². The minimum absolute atomic E-state index is 0.193. The SMILES string of the molecule is CC1CC1C(=O)NCCc1[nH]cnc1Br. The molecule has 1 aliphatic rings. The highest BCUT2D eigenvalue weighted by atomic mass is 79.9. The van der Waals surface area contributed by atoms with Crippen LogP contribution in [0.3, 0.4) is 0 Å².